The van der Waals surface area contributed by atoms with Gasteiger partial charge >= 0.3 is 0 Å². The summed E-state index contributed by atoms with van der Waals surface area (Å²) < 4.78 is 2.62. The first-order chi connectivity index (χ1) is 25.8. The molecule has 0 unspecified atom stereocenters. The van der Waals surface area contributed by atoms with Gasteiger partial charge in [0.2, 0.25) is 0 Å². The molecule has 0 N–H and O–H groups in total. The molecule has 0 aliphatic rings. The van der Waals surface area contributed by atoms with E-state index in [1.807, 2.05) is 11.3 Å². The molecule has 0 aliphatic heterocycles. The SMILES string of the molecule is c1ccc(N(c2ccc(-c3ccc(-c4cccc5ccccc45)cc3)cc2)c2cccc3ccccc23)c(-c2cccc3sc4ccccc4c23)c1. The minimum atomic E-state index is 1.11. The van der Waals surface area contributed by atoms with Crippen molar-refractivity contribution in [2.45, 2.75) is 0 Å². The summed E-state index contributed by atoms with van der Waals surface area (Å²) in [5.74, 6) is 0. The highest BCUT2D eigenvalue weighted by Gasteiger charge is 2.21. The van der Waals surface area contributed by atoms with E-state index in [2.05, 4.69) is 205 Å². The third-order valence-electron chi connectivity index (χ3n) is 10.3. The highest BCUT2D eigenvalue weighted by molar-refractivity contribution is 7.25. The lowest BCUT2D eigenvalue weighted by molar-refractivity contribution is 1.30. The fourth-order valence-electron chi connectivity index (χ4n) is 7.83. The predicted octanol–water partition coefficient (Wildman–Crippen LogP) is 14.8. The van der Waals surface area contributed by atoms with Crippen LogP contribution in [0.2, 0.25) is 0 Å². The normalized spacial score (nSPS) is 11.5. The van der Waals surface area contributed by atoms with Crippen LogP contribution < -0.4 is 4.90 Å². The molecule has 0 bridgehead atoms. The van der Waals surface area contributed by atoms with Gasteiger partial charge in [-0.15, -0.1) is 11.3 Å². The van der Waals surface area contributed by atoms with Gasteiger partial charge in [-0.05, 0) is 80.4 Å². The first-order valence-electron chi connectivity index (χ1n) is 17.8. The van der Waals surface area contributed by atoms with Crippen molar-refractivity contribution < 1.29 is 0 Å². The molecule has 1 nitrogen and oxygen atoms in total. The highest BCUT2D eigenvalue weighted by Crippen LogP contribution is 2.47. The van der Waals surface area contributed by atoms with Crippen LogP contribution in [0.5, 0.6) is 0 Å². The second-order valence-electron chi connectivity index (χ2n) is 13.3. The minimum absolute atomic E-state index is 1.11. The summed E-state index contributed by atoms with van der Waals surface area (Å²) in [7, 11) is 0. The van der Waals surface area contributed by atoms with Crippen LogP contribution in [-0.2, 0) is 0 Å². The Morgan fingerprint density at radius 3 is 1.62 bits per heavy atom. The minimum Gasteiger partial charge on any atom is -0.309 e. The summed E-state index contributed by atoms with van der Waals surface area (Å²) in [5, 5.41) is 7.59. The molecule has 0 spiro atoms. The zero-order chi connectivity index (χ0) is 34.4. The van der Waals surface area contributed by atoms with E-state index in [0.29, 0.717) is 0 Å². The lowest BCUT2D eigenvalue weighted by Crippen LogP contribution is -2.11. The second-order valence-corrected chi connectivity index (χ2v) is 14.4. The molecule has 1 aromatic heterocycles. The third-order valence-corrected chi connectivity index (χ3v) is 11.4. The van der Waals surface area contributed by atoms with Crippen molar-refractivity contribution in [3.05, 3.63) is 200 Å². The number of hydrogen-bond acceptors (Lipinski definition) is 2. The van der Waals surface area contributed by atoms with E-state index in [4.69, 9.17) is 0 Å². The van der Waals surface area contributed by atoms with Crippen LogP contribution >= 0.6 is 11.3 Å². The van der Waals surface area contributed by atoms with Crippen LogP contribution in [0.1, 0.15) is 0 Å². The fourth-order valence-corrected chi connectivity index (χ4v) is 8.96. The van der Waals surface area contributed by atoms with Crippen molar-refractivity contribution in [3.8, 4) is 33.4 Å². The molecule has 0 amide bonds. The van der Waals surface area contributed by atoms with E-state index in [1.54, 1.807) is 0 Å². The van der Waals surface area contributed by atoms with E-state index in [1.165, 1.54) is 75.1 Å². The van der Waals surface area contributed by atoms with E-state index < -0.39 is 0 Å². The number of para-hydroxylation sites is 1. The molecule has 244 valence electrons. The lowest BCUT2D eigenvalue weighted by Gasteiger charge is -2.29. The predicted molar refractivity (Wildman–Crippen MR) is 225 cm³/mol. The Morgan fingerprint density at radius 1 is 0.308 bits per heavy atom. The average Bonchev–Trinajstić information content (AvgIpc) is 3.61. The summed E-state index contributed by atoms with van der Waals surface area (Å²) in [6.07, 6.45) is 0. The van der Waals surface area contributed by atoms with Crippen LogP contribution in [-0.4, -0.2) is 0 Å². The van der Waals surface area contributed by atoms with Crippen molar-refractivity contribution in [3.63, 3.8) is 0 Å². The molecular formula is C50H33NS. The maximum Gasteiger partial charge on any atom is 0.0540 e. The Kier molecular flexibility index (Phi) is 7.41. The van der Waals surface area contributed by atoms with Crippen LogP contribution in [0.3, 0.4) is 0 Å². The number of hydrogen-bond donors (Lipinski definition) is 0. The molecule has 0 radical (unpaired) electrons. The Morgan fingerprint density at radius 2 is 0.808 bits per heavy atom. The van der Waals surface area contributed by atoms with Gasteiger partial charge < -0.3 is 4.90 Å². The van der Waals surface area contributed by atoms with E-state index in [-0.39, 0.29) is 0 Å². The standard InChI is InChI=1S/C50H33NS/c1-3-16-40-36(12-1)14-9-20-41(40)38-28-26-34(27-29-38)35-30-32-39(33-31-35)51(46-23-10-15-37-13-2-4-17-42(37)46)47-22-7-5-18-43(47)44-21-11-25-49-50(44)45-19-6-8-24-48(45)52-49/h1-33H. The molecule has 0 fully saturated rings. The highest BCUT2D eigenvalue weighted by atomic mass is 32.1. The Balaban J connectivity index is 1.10. The number of anilines is 3. The third kappa shape index (κ3) is 5.16. The zero-order valence-corrected chi connectivity index (χ0v) is 29.2. The topological polar surface area (TPSA) is 3.24 Å². The van der Waals surface area contributed by atoms with Gasteiger partial charge in [0.05, 0.1) is 11.4 Å². The maximum atomic E-state index is 2.44. The van der Waals surface area contributed by atoms with Crippen molar-refractivity contribution in [1.82, 2.24) is 0 Å². The van der Waals surface area contributed by atoms with Crippen molar-refractivity contribution in [2.24, 2.45) is 0 Å². The van der Waals surface area contributed by atoms with Crippen molar-refractivity contribution >= 4 is 70.1 Å². The molecule has 9 aromatic carbocycles. The lowest BCUT2D eigenvalue weighted by atomic mass is 9.95. The Hall–Kier alpha value is -6.48. The van der Waals surface area contributed by atoms with E-state index in [9.17, 15) is 0 Å². The number of nitrogens with zero attached hydrogens (tertiary/aromatic N) is 1. The Labute approximate surface area is 307 Å². The molecule has 1 heterocycles. The van der Waals surface area contributed by atoms with Gasteiger partial charge in [-0.2, -0.15) is 0 Å². The van der Waals surface area contributed by atoms with E-state index >= 15 is 0 Å². The van der Waals surface area contributed by atoms with Crippen LogP contribution in [0.25, 0.3) is 75.1 Å². The van der Waals surface area contributed by atoms with Gasteiger partial charge in [-0.1, -0.05) is 164 Å². The van der Waals surface area contributed by atoms with Crippen molar-refractivity contribution in [1.29, 1.82) is 0 Å². The summed E-state index contributed by atoms with van der Waals surface area (Å²) in [5.41, 5.74) is 10.7. The fraction of sp³-hybridized carbons (Fsp3) is 0. The van der Waals surface area contributed by atoms with Gasteiger partial charge in [0.15, 0.2) is 0 Å². The zero-order valence-electron chi connectivity index (χ0n) is 28.4. The summed E-state index contributed by atoms with van der Waals surface area (Å²) in [6, 6.07) is 72.9. The summed E-state index contributed by atoms with van der Waals surface area (Å²) >= 11 is 1.87. The number of thiophene rings is 1. The van der Waals surface area contributed by atoms with Crippen LogP contribution in [0.15, 0.2) is 200 Å². The molecule has 52 heavy (non-hydrogen) atoms. The van der Waals surface area contributed by atoms with Crippen LogP contribution in [0.4, 0.5) is 17.1 Å². The quantitative estimate of drug-likeness (QED) is 0.169. The molecular weight excluding hydrogens is 647 g/mol. The Bertz CT molecular complexity index is 2890. The van der Waals surface area contributed by atoms with E-state index in [0.717, 1.165) is 17.1 Å². The molecule has 10 rings (SSSR count). The van der Waals surface area contributed by atoms with Gasteiger partial charge in [-0.25, -0.2) is 0 Å². The summed E-state index contributed by atoms with van der Waals surface area (Å²) in [4.78, 5) is 2.44. The molecule has 0 saturated heterocycles. The number of benzene rings is 9. The molecule has 0 aliphatic carbocycles. The van der Waals surface area contributed by atoms with Crippen LogP contribution in [0, 0.1) is 0 Å². The van der Waals surface area contributed by atoms with Gasteiger partial charge in [0.1, 0.15) is 0 Å². The first-order valence-corrected chi connectivity index (χ1v) is 18.6. The first kappa shape index (κ1) is 30.4. The number of rotatable bonds is 6. The van der Waals surface area contributed by atoms with Crippen molar-refractivity contribution in [2.75, 3.05) is 4.90 Å². The molecule has 2 heteroatoms. The molecule has 10 aromatic rings. The largest absolute Gasteiger partial charge is 0.309 e. The molecule has 0 atom stereocenters. The van der Waals surface area contributed by atoms with Gasteiger partial charge in [0, 0.05) is 36.8 Å². The monoisotopic (exact) mass is 679 g/mol. The molecule has 0 saturated carbocycles. The second kappa shape index (κ2) is 12.7. The summed E-state index contributed by atoms with van der Waals surface area (Å²) in [6.45, 7) is 0. The number of fused-ring (bicyclic) bond motifs is 5. The van der Waals surface area contributed by atoms with Gasteiger partial charge in [0.25, 0.3) is 0 Å². The average molecular weight is 680 g/mol. The van der Waals surface area contributed by atoms with Gasteiger partial charge in [-0.3, -0.25) is 0 Å². The smallest absolute Gasteiger partial charge is 0.0540 e. The maximum absolute atomic E-state index is 2.44.